The van der Waals surface area contributed by atoms with Gasteiger partial charge in [-0.15, -0.1) is 0 Å². The van der Waals surface area contributed by atoms with E-state index in [4.69, 9.17) is 0 Å². The second-order valence-electron chi connectivity index (χ2n) is 7.62. The lowest BCUT2D eigenvalue weighted by Gasteiger charge is -2.22. The third-order valence-electron chi connectivity index (χ3n) is 5.40. The van der Waals surface area contributed by atoms with Crippen molar-refractivity contribution in [3.63, 3.8) is 0 Å². The molecule has 1 aliphatic carbocycles. The number of halogens is 3. The van der Waals surface area contributed by atoms with Gasteiger partial charge in [0, 0.05) is 5.69 Å². The molecule has 1 aliphatic rings. The van der Waals surface area contributed by atoms with E-state index in [-0.39, 0.29) is 12.2 Å². The molecule has 0 heterocycles. The average Bonchev–Trinajstić information content (AvgIpc) is 2.76. The summed E-state index contributed by atoms with van der Waals surface area (Å²) in [6.45, 7) is 1.62. The van der Waals surface area contributed by atoms with Crippen LogP contribution in [0.1, 0.15) is 61.6 Å². The SMILES string of the molecule is C/C(=N/NC(=O)CNc1cccc(C(F)(F)F)c1)c1ccc(C2CCCCC2)cc1. The van der Waals surface area contributed by atoms with Crippen LogP contribution in [0, 0.1) is 0 Å². The van der Waals surface area contributed by atoms with Gasteiger partial charge in [0.2, 0.25) is 0 Å². The molecular weight excluding hydrogens is 391 g/mol. The van der Waals surface area contributed by atoms with Crippen LogP contribution in [0.15, 0.2) is 53.6 Å². The van der Waals surface area contributed by atoms with E-state index in [0.29, 0.717) is 11.6 Å². The standard InChI is InChI=1S/C23H26F3N3O/c1-16(17-10-12-19(13-11-17)18-6-3-2-4-7-18)28-29-22(30)15-27-21-9-5-8-20(14-21)23(24,25)26/h5,8-14,18,27H,2-4,6-7,15H2,1H3,(H,29,30)/b28-16-. The van der Waals surface area contributed by atoms with Crippen LogP contribution in [0.25, 0.3) is 0 Å². The number of carbonyl (C=O) groups excluding carboxylic acids is 1. The zero-order valence-corrected chi connectivity index (χ0v) is 16.9. The van der Waals surface area contributed by atoms with Gasteiger partial charge in [0.15, 0.2) is 0 Å². The number of nitrogens with zero attached hydrogens (tertiary/aromatic N) is 1. The first-order chi connectivity index (χ1) is 14.3. The van der Waals surface area contributed by atoms with E-state index in [1.54, 1.807) is 6.92 Å². The molecule has 0 aliphatic heterocycles. The Hall–Kier alpha value is -2.83. The quantitative estimate of drug-likeness (QED) is 0.468. The molecule has 0 unspecified atom stereocenters. The molecule has 0 atom stereocenters. The number of benzene rings is 2. The Morgan fingerprint density at radius 1 is 1.07 bits per heavy atom. The van der Waals surface area contributed by atoms with Gasteiger partial charge in [-0.05, 0) is 55.0 Å². The third kappa shape index (κ3) is 6.08. The molecule has 30 heavy (non-hydrogen) atoms. The van der Waals surface area contributed by atoms with Gasteiger partial charge in [0.25, 0.3) is 5.91 Å². The van der Waals surface area contributed by atoms with Gasteiger partial charge in [-0.25, -0.2) is 5.43 Å². The highest BCUT2D eigenvalue weighted by atomic mass is 19.4. The van der Waals surface area contributed by atoms with E-state index in [9.17, 15) is 18.0 Å². The minimum atomic E-state index is -4.42. The number of anilines is 1. The Balaban J connectivity index is 1.52. The summed E-state index contributed by atoms with van der Waals surface area (Å²) in [6, 6.07) is 13.0. The number of hydrogen-bond donors (Lipinski definition) is 2. The lowest BCUT2D eigenvalue weighted by atomic mass is 9.84. The fourth-order valence-corrected chi connectivity index (χ4v) is 3.67. The Bertz CT molecular complexity index is 885. The van der Waals surface area contributed by atoms with Crippen LogP contribution in [-0.2, 0) is 11.0 Å². The predicted molar refractivity (Wildman–Crippen MR) is 113 cm³/mol. The van der Waals surface area contributed by atoms with Crippen molar-refractivity contribution in [2.75, 3.05) is 11.9 Å². The summed E-state index contributed by atoms with van der Waals surface area (Å²) in [6.07, 6.45) is 1.94. The zero-order chi connectivity index (χ0) is 21.6. The normalized spacial score (nSPS) is 15.7. The molecule has 2 aromatic carbocycles. The zero-order valence-electron chi connectivity index (χ0n) is 16.9. The Morgan fingerprint density at radius 3 is 2.43 bits per heavy atom. The van der Waals surface area contributed by atoms with Crippen LogP contribution in [0.4, 0.5) is 18.9 Å². The molecule has 0 saturated heterocycles. The molecule has 0 bridgehead atoms. The van der Waals surface area contributed by atoms with Crippen molar-refractivity contribution in [3.8, 4) is 0 Å². The van der Waals surface area contributed by atoms with Crippen molar-refractivity contribution in [1.29, 1.82) is 0 Å². The molecule has 3 rings (SSSR count). The van der Waals surface area contributed by atoms with Gasteiger partial charge in [-0.3, -0.25) is 4.79 Å². The van der Waals surface area contributed by atoms with Crippen LogP contribution in [0.2, 0.25) is 0 Å². The van der Waals surface area contributed by atoms with Gasteiger partial charge in [0.1, 0.15) is 0 Å². The number of alkyl halides is 3. The van der Waals surface area contributed by atoms with Crippen molar-refractivity contribution in [1.82, 2.24) is 5.43 Å². The highest BCUT2D eigenvalue weighted by Gasteiger charge is 2.30. The Kier molecular flexibility index (Phi) is 7.13. The first-order valence-electron chi connectivity index (χ1n) is 10.2. The van der Waals surface area contributed by atoms with Gasteiger partial charge in [-0.2, -0.15) is 18.3 Å². The smallest absolute Gasteiger partial charge is 0.376 e. The number of carbonyl (C=O) groups is 1. The summed E-state index contributed by atoms with van der Waals surface area (Å²) in [4.78, 5) is 12.0. The van der Waals surface area contributed by atoms with Crippen LogP contribution >= 0.6 is 0 Å². The van der Waals surface area contributed by atoms with Gasteiger partial charge < -0.3 is 5.32 Å². The van der Waals surface area contributed by atoms with Crippen molar-refractivity contribution in [2.24, 2.45) is 5.10 Å². The summed E-state index contributed by atoms with van der Waals surface area (Å²) >= 11 is 0. The van der Waals surface area contributed by atoms with E-state index >= 15 is 0 Å². The molecule has 160 valence electrons. The second kappa shape index (κ2) is 9.78. The minimum absolute atomic E-state index is 0.182. The molecule has 4 nitrogen and oxygen atoms in total. The summed E-state index contributed by atoms with van der Waals surface area (Å²) in [7, 11) is 0. The molecule has 0 radical (unpaired) electrons. The van der Waals surface area contributed by atoms with Crippen LogP contribution in [0.3, 0.4) is 0 Å². The number of hydrazone groups is 1. The molecule has 0 aromatic heterocycles. The summed E-state index contributed by atoms with van der Waals surface area (Å²) < 4.78 is 38.2. The highest BCUT2D eigenvalue weighted by Crippen LogP contribution is 2.32. The molecule has 1 saturated carbocycles. The molecule has 2 aromatic rings. The number of hydrogen-bond acceptors (Lipinski definition) is 3. The largest absolute Gasteiger partial charge is 0.416 e. The third-order valence-corrected chi connectivity index (χ3v) is 5.40. The summed E-state index contributed by atoms with van der Waals surface area (Å²) in [5.41, 5.74) is 4.82. The topological polar surface area (TPSA) is 53.5 Å². The predicted octanol–water partition coefficient (Wildman–Crippen LogP) is 5.71. The maximum Gasteiger partial charge on any atom is 0.416 e. The van der Waals surface area contributed by atoms with Crippen molar-refractivity contribution in [3.05, 3.63) is 65.2 Å². The molecule has 2 N–H and O–H groups in total. The summed E-state index contributed by atoms with van der Waals surface area (Å²) in [5.74, 6) is 0.192. The number of nitrogens with one attached hydrogen (secondary N) is 2. The minimum Gasteiger partial charge on any atom is -0.376 e. The fourth-order valence-electron chi connectivity index (χ4n) is 3.67. The van der Waals surface area contributed by atoms with E-state index in [2.05, 4.69) is 28.0 Å². The van der Waals surface area contributed by atoms with E-state index in [0.717, 1.165) is 17.7 Å². The van der Waals surface area contributed by atoms with Gasteiger partial charge in [-0.1, -0.05) is 49.6 Å². The van der Waals surface area contributed by atoms with E-state index in [1.807, 2.05) is 12.1 Å². The molecular formula is C23H26F3N3O. The maximum absolute atomic E-state index is 12.7. The molecule has 0 spiro atoms. The van der Waals surface area contributed by atoms with E-state index < -0.39 is 17.6 Å². The maximum atomic E-state index is 12.7. The summed E-state index contributed by atoms with van der Waals surface area (Å²) in [5, 5.41) is 6.79. The second-order valence-corrected chi connectivity index (χ2v) is 7.62. The first-order valence-corrected chi connectivity index (χ1v) is 10.2. The lowest BCUT2D eigenvalue weighted by Crippen LogP contribution is -2.26. The molecule has 1 amide bonds. The van der Waals surface area contributed by atoms with Crippen molar-refractivity contribution in [2.45, 2.75) is 51.1 Å². The van der Waals surface area contributed by atoms with Crippen LogP contribution in [-0.4, -0.2) is 18.2 Å². The number of rotatable bonds is 6. The monoisotopic (exact) mass is 417 g/mol. The molecule has 1 fully saturated rings. The van der Waals surface area contributed by atoms with Crippen LogP contribution < -0.4 is 10.7 Å². The Morgan fingerprint density at radius 2 is 1.77 bits per heavy atom. The van der Waals surface area contributed by atoms with Crippen molar-refractivity contribution >= 4 is 17.3 Å². The van der Waals surface area contributed by atoms with Gasteiger partial charge >= 0.3 is 6.18 Å². The van der Waals surface area contributed by atoms with E-state index in [1.165, 1.54) is 49.8 Å². The fraction of sp³-hybridized carbons (Fsp3) is 0.391. The Labute approximate surface area is 174 Å². The van der Waals surface area contributed by atoms with Crippen molar-refractivity contribution < 1.29 is 18.0 Å². The molecule has 7 heteroatoms. The average molecular weight is 417 g/mol. The lowest BCUT2D eigenvalue weighted by molar-refractivity contribution is -0.137. The van der Waals surface area contributed by atoms with Crippen LogP contribution in [0.5, 0.6) is 0 Å². The highest BCUT2D eigenvalue weighted by molar-refractivity contribution is 5.99. The van der Waals surface area contributed by atoms with Gasteiger partial charge in [0.05, 0.1) is 17.8 Å². The number of amides is 1. The first kappa shape index (κ1) is 21.9.